The topological polar surface area (TPSA) is 12.0 Å². The van der Waals surface area contributed by atoms with Crippen molar-refractivity contribution in [3.05, 3.63) is 21.4 Å². The molecule has 0 radical (unpaired) electrons. The second-order valence-electron chi connectivity index (χ2n) is 5.79. The summed E-state index contributed by atoms with van der Waals surface area (Å²) >= 11 is 1.95. The molecule has 0 unspecified atom stereocenters. The highest BCUT2D eigenvalue weighted by molar-refractivity contribution is 7.12. The van der Waals surface area contributed by atoms with E-state index in [1.165, 1.54) is 66.8 Å². The quantitative estimate of drug-likeness (QED) is 0.823. The molecule has 0 saturated heterocycles. The minimum atomic E-state index is 0.924. The van der Waals surface area contributed by atoms with Crippen LogP contribution in [0.5, 0.6) is 0 Å². The lowest BCUT2D eigenvalue weighted by molar-refractivity contribution is 0.361. The first-order valence-electron chi connectivity index (χ1n) is 7.52. The van der Waals surface area contributed by atoms with Gasteiger partial charge in [0.25, 0.3) is 0 Å². The van der Waals surface area contributed by atoms with Gasteiger partial charge in [-0.25, -0.2) is 0 Å². The predicted octanol–water partition coefficient (Wildman–Crippen LogP) is 4.82. The highest BCUT2D eigenvalue weighted by Gasteiger charge is 2.11. The van der Waals surface area contributed by atoms with E-state index in [0.717, 1.165) is 12.5 Å². The maximum Gasteiger partial charge on any atom is 0.0300 e. The van der Waals surface area contributed by atoms with Crippen molar-refractivity contribution in [2.24, 2.45) is 5.92 Å². The molecular weight excluding hydrogens is 238 g/mol. The van der Waals surface area contributed by atoms with Gasteiger partial charge in [0.15, 0.2) is 0 Å². The van der Waals surface area contributed by atoms with Gasteiger partial charge in [-0.2, -0.15) is 0 Å². The molecule has 1 aromatic rings. The SMILES string of the molecule is Cc1cc(CNCC2CCCCCCC2)sc1C. The normalized spacial score (nSPS) is 18.6. The minimum Gasteiger partial charge on any atom is -0.312 e. The molecule has 1 heterocycles. The smallest absolute Gasteiger partial charge is 0.0300 e. The molecule has 0 bridgehead atoms. The summed E-state index contributed by atoms with van der Waals surface area (Å²) in [6.07, 6.45) is 10.2. The fourth-order valence-corrected chi connectivity index (χ4v) is 3.90. The summed E-state index contributed by atoms with van der Waals surface area (Å²) in [5.74, 6) is 0.924. The van der Waals surface area contributed by atoms with Crippen molar-refractivity contribution in [3.8, 4) is 0 Å². The highest BCUT2D eigenvalue weighted by atomic mass is 32.1. The van der Waals surface area contributed by atoms with Gasteiger partial charge < -0.3 is 5.32 Å². The third kappa shape index (κ3) is 4.40. The number of rotatable bonds is 4. The van der Waals surface area contributed by atoms with Crippen LogP contribution in [0, 0.1) is 19.8 Å². The molecule has 0 spiro atoms. The van der Waals surface area contributed by atoms with Crippen molar-refractivity contribution in [1.82, 2.24) is 5.32 Å². The van der Waals surface area contributed by atoms with Crippen molar-refractivity contribution in [2.75, 3.05) is 6.54 Å². The Balaban J connectivity index is 1.70. The van der Waals surface area contributed by atoms with Gasteiger partial charge in [0.05, 0.1) is 0 Å². The van der Waals surface area contributed by atoms with Crippen LogP contribution < -0.4 is 5.32 Å². The molecule has 1 aliphatic rings. The lowest BCUT2D eigenvalue weighted by Gasteiger charge is -2.19. The fraction of sp³-hybridized carbons (Fsp3) is 0.750. The molecule has 1 aliphatic carbocycles. The number of hydrogen-bond donors (Lipinski definition) is 1. The average Bonchev–Trinajstić information content (AvgIpc) is 2.61. The zero-order chi connectivity index (χ0) is 12.8. The average molecular weight is 265 g/mol. The lowest BCUT2D eigenvalue weighted by Crippen LogP contribution is -2.22. The molecule has 0 atom stereocenters. The van der Waals surface area contributed by atoms with Gasteiger partial charge in [-0.3, -0.25) is 0 Å². The van der Waals surface area contributed by atoms with E-state index >= 15 is 0 Å². The molecule has 2 rings (SSSR count). The largest absolute Gasteiger partial charge is 0.312 e. The second-order valence-corrected chi connectivity index (χ2v) is 7.13. The summed E-state index contributed by atoms with van der Waals surface area (Å²) in [5, 5.41) is 3.67. The Bertz CT molecular complexity index is 328. The Morgan fingerprint density at radius 2 is 1.78 bits per heavy atom. The van der Waals surface area contributed by atoms with Gasteiger partial charge >= 0.3 is 0 Å². The first-order valence-corrected chi connectivity index (χ1v) is 8.34. The zero-order valence-corrected chi connectivity index (χ0v) is 12.7. The Morgan fingerprint density at radius 1 is 1.11 bits per heavy atom. The molecule has 2 heteroatoms. The molecule has 0 aromatic carbocycles. The Labute approximate surface area is 116 Å². The monoisotopic (exact) mass is 265 g/mol. The summed E-state index contributed by atoms with van der Waals surface area (Å²) in [6, 6.07) is 2.34. The van der Waals surface area contributed by atoms with Crippen molar-refractivity contribution in [3.63, 3.8) is 0 Å². The maximum absolute atomic E-state index is 3.67. The molecule has 1 saturated carbocycles. The standard InChI is InChI=1S/C16H27NS/c1-13-10-16(18-14(13)2)12-17-11-15-8-6-4-3-5-7-9-15/h10,15,17H,3-9,11-12H2,1-2H3. The Hall–Kier alpha value is -0.340. The molecule has 18 heavy (non-hydrogen) atoms. The molecule has 1 fully saturated rings. The van der Waals surface area contributed by atoms with E-state index in [4.69, 9.17) is 0 Å². The summed E-state index contributed by atoms with van der Waals surface area (Å²) in [6.45, 7) is 6.72. The van der Waals surface area contributed by atoms with Gasteiger partial charge in [0.2, 0.25) is 0 Å². The fourth-order valence-electron chi connectivity index (χ4n) is 2.88. The van der Waals surface area contributed by atoms with Crippen molar-refractivity contribution in [2.45, 2.75) is 65.3 Å². The van der Waals surface area contributed by atoms with Crippen LogP contribution in [0.2, 0.25) is 0 Å². The van der Waals surface area contributed by atoms with Crippen LogP contribution >= 0.6 is 11.3 Å². The first kappa shape index (κ1) is 14.1. The predicted molar refractivity (Wildman–Crippen MR) is 81.3 cm³/mol. The van der Waals surface area contributed by atoms with Crippen LogP contribution in [-0.2, 0) is 6.54 Å². The molecule has 0 aliphatic heterocycles. The van der Waals surface area contributed by atoms with E-state index in [2.05, 4.69) is 25.2 Å². The maximum atomic E-state index is 3.67. The summed E-state index contributed by atoms with van der Waals surface area (Å²) in [4.78, 5) is 2.97. The Morgan fingerprint density at radius 3 is 2.39 bits per heavy atom. The minimum absolute atomic E-state index is 0.924. The van der Waals surface area contributed by atoms with Crippen molar-refractivity contribution in [1.29, 1.82) is 0 Å². The van der Waals surface area contributed by atoms with Gasteiger partial charge in [0.1, 0.15) is 0 Å². The Kier molecular flexibility index (Phi) is 5.71. The third-order valence-corrected chi connectivity index (χ3v) is 5.33. The second kappa shape index (κ2) is 7.30. The molecule has 0 amide bonds. The van der Waals surface area contributed by atoms with Crippen molar-refractivity contribution < 1.29 is 0 Å². The third-order valence-electron chi connectivity index (χ3n) is 4.17. The van der Waals surface area contributed by atoms with Crippen LogP contribution in [0.25, 0.3) is 0 Å². The van der Waals surface area contributed by atoms with Crippen LogP contribution in [-0.4, -0.2) is 6.54 Å². The number of hydrogen-bond acceptors (Lipinski definition) is 2. The lowest BCUT2D eigenvalue weighted by atomic mass is 9.91. The van der Waals surface area contributed by atoms with E-state index in [0.29, 0.717) is 0 Å². The number of aryl methyl sites for hydroxylation is 2. The summed E-state index contributed by atoms with van der Waals surface area (Å²) in [7, 11) is 0. The first-order chi connectivity index (χ1) is 8.75. The zero-order valence-electron chi connectivity index (χ0n) is 11.9. The van der Waals surface area contributed by atoms with E-state index in [-0.39, 0.29) is 0 Å². The molecule has 1 aromatic heterocycles. The highest BCUT2D eigenvalue weighted by Crippen LogP contribution is 2.23. The molecule has 1 nitrogen and oxygen atoms in total. The number of nitrogens with one attached hydrogen (secondary N) is 1. The molecular formula is C16H27NS. The van der Waals surface area contributed by atoms with E-state index in [1.807, 2.05) is 11.3 Å². The van der Waals surface area contributed by atoms with Gasteiger partial charge in [0, 0.05) is 16.3 Å². The van der Waals surface area contributed by atoms with Crippen LogP contribution in [0.4, 0.5) is 0 Å². The van der Waals surface area contributed by atoms with Crippen LogP contribution in [0.3, 0.4) is 0 Å². The molecule has 102 valence electrons. The van der Waals surface area contributed by atoms with Gasteiger partial charge in [-0.1, -0.05) is 32.1 Å². The molecule has 1 N–H and O–H groups in total. The van der Waals surface area contributed by atoms with E-state index in [1.54, 1.807) is 0 Å². The summed E-state index contributed by atoms with van der Waals surface area (Å²) in [5.41, 5.74) is 1.45. The van der Waals surface area contributed by atoms with Gasteiger partial charge in [-0.15, -0.1) is 11.3 Å². The van der Waals surface area contributed by atoms with Gasteiger partial charge in [-0.05, 0) is 50.8 Å². The number of thiophene rings is 1. The van der Waals surface area contributed by atoms with Crippen LogP contribution in [0.1, 0.15) is 60.3 Å². The van der Waals surface area contributed by atoms with Crippen LogP contribution in [0.15, 0.2) is 6.07 Å². The van der Waals surface area contributed by atoms with E-state index < -0.39 is 0 Å². The summed E-state index contributed by atoms with van der Waals surface area (Å²) < 4.78 is 0. The van der Waals surface area contributed by atoms with E-state index in [9.17, 15) is 0 Å². The van der Waals surface area contributed by atoms with Crippen molar-refractivity contribution >= 4 is 11.3 Å².